The molecule has 0 heterocycles. The zero-order chi connectivity index (χ0) is 66.3. The van der Waals surface area contributed by atoms with Gasteiger partial charge in [0.2, 0.25) is 0 Å². The van der Waals surface area contributed by atoms with Crippen LogP contribution in [0.3, 0.4) is 0 Å². The molecule has 0 aliphatic rings. The largest absolute Gasteiger partial charge is 0.392 e. The van der Waals surface area contributed by atoms with Crippen molar-refractivity contribution >= 4 is 0 Å². The van der Waals surface area contributed by atoms with Crippen LogP contribution in [0.25, 0.3) is 0 Å². The van der Waals surface area contributed by atoms with Crippen LogP contribution in [-0.2, 0) is 0 Å². The van der Waals surface area contributed by atoms with E-state index in [1.165, 1.54) is 193 Å². The Balaban J connectivity index is 6.83. The first-order valence-electron chi connectivity index (χ1n) is 39.0. The van der Waals surface area contributed by atoms with E-state index in [4.69, 9.17) is 0 Å². The number of hydrogen-bond donors (Lipinski definition) is 6. The lowest BCUT2D eigenvalue weighted by Crippen LogP contribution is -2.49. The molecule has 0 aromatic rings. The summed E-state index contributed by atoms with van der Waals surface area (Å²) in [5, 5.41) is 70.3. The average Bonchev–Trinajstić information content (AvgIpc) is 3.66. The van der Waals surface area contributed by atoms with Crippen molar-refractivity contribution in [2.45, 2.75) is 355 Å². The van der Waals surface area contributed by atoms with E-state index in [2.05, 4.69) is 80.7 Å². The van der Waals surface area contributed by atoms with Crippen molar-refractivity contribution in [3.63, 3.8) is 0 Å². The smallest absolute Gasteiger partial charge is 0.0727 e. The molecule has 0 saturated carbocycles. The standard InChI is InChI=1S/C80H156N4O6/c1-10-16-21-26-31-36-38-43-48-53-58-76(86)67-82(68-77(87)59-54-49-44-39-37-32-27-22-17-11-2)63-60-81(61-64-83(66-75(85)15-6)69-78(88)72(7)55-50-45-40-33-28-23-18-12-3)62-65-84(70-79(89)73(8)56-51-46-41-34-29-24-19-13-4)71-80(90)74(9)57-52-47-42-35-30-25-20-14-5/h13,19,24,29,34,41,46,51,56,72-80,85-90H,4,10-12,14-18,20-23,25-28,30-33,35-40,42-45,47-50,52-55,57-71H2,1-3,5-9H3/b24-19+,34-29+,46-41+,56-51+. The van der Waals surface area contributed by atoms with E-state index in [0.717, 1.165) is 64.2 Å². The van der Waals surface area contributed by atoms with Crippen molar-refractivity contribution < 1.29 is 30.6 Å². The van der Waals surface area contributed by atoms with E-state index < -0.39 is 36.6 Å². The monoisotopic (exact) mass is 1270 g/mol. The first-order chi connectivity index (χ1) is 43.7. The minimum atomic E-state index is -0.644. The number of rotatable bonds is 70. The molecule has 10 heteroatoms. The highest BCUT2D eigenvalue weighted by Crippen LogP contribution is 2.21. The van der Waals surface area contributed by atoms with Crippen LogP contribution >= 0.6 is 0 Å². The van der Waals surface area contributed by atoms with Gasteiger partial charge in [0.05, 0.1) is 36.6 Å². The predicted octanol–water partition coefficient (Wildman–Crippen LogP) is 18.8. The Bertz CT molecular complexity index is 1580. The third kappa shape index (κ3) is 56.6. The van der Waals surface area contributed by atoms with Crippen molar-refractivity contribution in [3.05, 3.63) is 61.3 Å². The molecule has 0 radical (unpaired) electrons. The molecule has 0 aliphatic carbocycles. The number of hydrogen-bond acceptors (Lipinski definition) is 10. The van der Waals surface area contributed by atoms with Gasteiger partial charge in [-0.3, -0.25) is 19.6 Å². The first kappa shape index (κ1) is 88.3. The Kier molecular flexibility index (Phi) is 64.7. The lowest BCUT2D eigenvalue weighted by atomic mass is 9.96. The van der Waals surface area contributed by atoms with Crippen molar-refractivity contribution in [1.82, 2.24) is 19.6 Å². The SMILES string of the molecule is C=C/C=C/C=C/C=C/C=C/C(C)C(O)CN(CCN(CCN(CC(O)CCCCCCCCCCCC)CC(O)CCCCCCCCCCCC)CCN(CC(O)CC)CC(O)C(C)CCCCCCCCCC)CC(O)C(C)CCCCCCCCCC. The maximum Gasteiger partial charge on any atom is 0.0727 e. The first-order valence-corrected chi connectivity index (χ1v) is 39.0. The van der Waals surface area contributed by atoms with Crippen molar-refractivity contribution in [2.24, 2.45) is 17.8 Å². The molecule has 0 aromatic heterocycles. The fraction of sp³-hybridized carbons (Fsp3) is 0.875. The van der Waals surface area contributed by atoms with Crippen LogP contribution in [0.1, 0.15) is 319 Å². The summed E-state index contributed by atoms with van der Waals surface area (Å²) in [5.74, 6) is 0.182. The highest BCUT2D eigenvalue weighted by Gasteiger charge is 2.25. The van der Waals surface area contributed by atoms with Crippen LogP contribution in [0.2, 0.25) is 0 Å². The zero-order valence-corrected chi connectivity index (χ0v) is 61.0. The average molecular weight is 1270 g/mol. The summed E-state index contributed by atoms with van der Waals surface area (Å²) in [5.41, 5.74) is 0. The van der Waals surface area contributed by atoms with Crippen LogP contribution in [0.4, 0.5) is 0 Å². The molecule has 0 rings (SSSR count). The predicted molar refractivity (Wildman–Crippen MR) is 394 cm³/mol. The van der Waals surface area contributed by atoms with E-state index >= 15 is 0 Å². The maximum atomic E-state index is 12.0. The van der Waals surface area contributed by atoms with Gasteiger partial charge in [-0.1, -0.05) is 348 Å². The van der Waals surface area contributed by atoms with Crippen molar-refractivity contribution in [2.75, 3.05) is 78.5 Å². The molecule has 90 heavy (non-hydrogen) atoms. The summed E-state index contributed by atoms with van der Waals surface area (Å²) < 4.78 is 0. The van der Waals surface area contributed by atoms with Crippen LogP contribution in [0.15, 0.2) is 61.3 Å². The molecule has 0 bridgehead atoms. The molecule has 0 fully saturated rings. The Labute approximate surface area is 560 Å². The molecule has 10 nitrogen and oxygen atoms in total. The number of aliphatic hydroxyl groups is 6. The van der Waals surface area contributed by atoms with E-state index in [-0.39, 0.29) is 17.8 Å². The summed E-state index contributed by atoms with van der Waals surface area (Å²) in [6, 6.07) is 0. The highest BCUT2D eigenvalue weighted by atomic mass is 16.3. The second-order valence-electron chi connectivity index (χ2n) is 28.2. The van der Waals surface area contributed by atoms with Gasteiger partial charge >= 0.3 is 0 Å². The molecule has 532 valence electrons. The summed E-state index contributed by atoms with van der Waals surface area (Å²) in [6.07, 6.45) is 64.1. The van der Waals surface area contributed by atoms with Crippen LogP contribution in [0.5, 0.6) is 0 Å². The zero-order valence-electron chi connectivity index (χ0n) is 61.0. The minimum Gasteiger partial charge on any atom is -0.392 e. The molecule has 9 unspecified atom stereocenters. The lowest BCUT2D eigenvalue weighted by Gasteiger charge is -2.35. The molecular formula is C80H156N4O6. The van der Waals surface area contributed by atoms with Gasteiger partial charge in [-0.05, 0) is 43.9 Å². The summed E-state index contributed by atoms with van der Waals surface area (Å²) in [6.45, 7) is 28.4. The third-order valence-electron chi connectivity index (χ3n) is 19.4. The molecule has 0 aromatic carbocycles. The van der Waals surface area contributed by atoms with Gasteiger partial charge in [-0.25, -0.2) is 0 Å². The van der Waals surface area contributed by atoms with E-state index in [9.17, 15) is 30.6 Å². The second kappa shape index (κ2) is 65.9. The van der Waals surface area contributed by atoms with E-state index in [1.54, 1.807) is 6.08 Å². The molecule has 6 N–H and O–H groups in total. The molecule has 9 atom stereocenters. The Morgan fingerprint density at radius 2 is 0.533 bits per heavy atom. The number of aliphatic hydroxyl groups excluding tert-OH is 6. The number of nitrogens with zero attached hydrogens (tertiary/aromatic N) is 4. The maximum absolute atomic E-state index is 12.0. The quantitative estimate of drug-likeness (QED) is 0.0258. The lowest BCUT2D eigenvalue weighted by molar-refractivity contribution is 0.0228. The van der Waals surface area contributed by atoms with Gasteiger partial charge in [0.1, 0.15) is 0 Å². The molecule has 0 saturated heterocycles. The fourth-order valence-corrected chi connectivity index (χ4v) is 12.6. The van der Waals surface area contributed by atoms with Crippen molar-refractivity contribution in [3.8, 4) is 0 Å². The normalized spacial score (nSPS) is 15.7. The Hall–Kier alpha value is -1.70. The number of allylic oxidation sites excluding steroid dienone is 8. The second-order valence-corrected chi connectivity index (χ2v) is 28.2. The Morgan fingerprint density at radius 3 is 0.867 bits per heavy atom. The molecule has 0 aliphatic heterocycles. The van der Waals surface area contributed by atoms with Gasteiger partial charge in [0, 0.05) is 84.5 Å². The third-order valence-corrected chi connectivity index (χ3v) is 19.4. The summed E-state index contributed by atoms with van der Waals surface area (Å²) >= 11 is 0. The number of unbranched alkanes of at least 4 members (excludes halogenated alkanes) is 32. The summed E-state index contributed by atoms with van der Waals surface area (Å²) in [7, 11) is 0. The van der Waals surface area contributed by atoms with Crippen molar-refractivity contribution in [1.29, 1.82) is 0 Å². The summed E-state index contributed by atoms with van der Waals surface area (Å²) in [4.78, 5) is 9.41. The van der Waals surface area contributed by atoms with Crippen LogP contribution < -0.4 is 0 Å². The minimum absolute atomic E-state index is 0.111. The van der Waals surface area contributed by atoms with Gasteiger partial charge in [0.25, 0.3) is 0 Å². The fourth-order valence-electron chi connectivity index (χ4n) is 12.6. The Morgan fingerprint density at radius 1 is 0.278 bits per heavy atom. The van der Waals surface area contributed by atoms with Crippen LogP contribution in [0, 0.1) is 17.8 Å². The van der Waals surface area contributed by atoms with Crippen LogP contribution in [-0.4, -0.2) is 165 Å². The van der Waals surface area contributed by atoms with E-state index in [1.807, 2.05) is 49.5 Å². The molecule has 0 amide bonds. The van der Waals surface area contributed by atoms with Gasteiger partial charge in [-0.15, -0.1) is 0 Å². The topological polar surface area (TPSA) is 134 Å². The molecule has 0 spiro atoms. The highest BCUT2D eigenvalue weighted by molar-refractivity contribution is 5.17. The van der Waals surface area contributed by atoms with E-state index in [0.29, 0.717) is 85.0 Å². The van der Waals surface area contributed by atoms with Gasteiger partial charge < -0.3 is 30.6 Å². The molecular weight excluding hydrogens is 1110 g/mol. The van der Waals surface area contributed by atoms with Gasteiger partial charge in [0.15, 0.2) is 0 Å². The van der Waals surface area contributed by atoms with Gasteiger partial charge in [-0.2, -0.15) is 0 Å².